The first kappa shape index (κ1) is 12.9. The number of nitrogens with one attached hydrogen (secondary N) is 2. The minimum Gasteiger partial charge on any atom is -0.481 e. The number of carbonyl (C=O) groups excluding carboxylic acids is 2. The third kappa shape index (κ3) is 3.74. The molecule has 0 aromatic heterocycles. The third-order valence-corrected chi connectivity index (χ3v) is 2.34. The molecule has 8 heteroatoms. The van der Waals surface area contributed by atoms with Gasteiger partial charge in [0, 0.05) is 13.0 Å². The Bertz CT molecular complexity index is 366. The molecule has 17 heavy (non-hydrogen) atoms. The molecule has 1 saturated heterocycles. The minimum absolute atomic E-state index is 0.00869. The van der Waals surface area contributed by atoms with Crippen molar-refractivity contribution in [2.24, 2.45) is 5.92 Å². The number of carboxylic acids is 2. The van der Waals surface area contributed by atoms with Crippen LogP contribution in [0.1, 0.15) is 12.8 Å². The van der Waals surface area contributed by atoms with Crippen LogP contribution in [-0.2, 0) is 19.2 Å². The molecule has 8 nitrogen and oxygen atoms in total. The van der Waals surface area contributed by atoms with Gasteiger partial charge in [-0.1, -0.05) is 0 Å². The smallest absolute Gasteiger partial charge is 0.326 e. The average Bonchev–Trinajstić information content (AvgIpc) is 2.63. The summed E-state index contributed by atoms with van der Waals surface area (Å²) in [4.78, 5) is 43.5. The zero-order chi connectivity index (χ0) is 13.0. The van der Waals surface area contributed by atoms with Crippen LogP contribution in [0, 0.1) is 5.92 Å². The van der Waals surface area contributed by atoms with Crippen molar-refractivity contribution in [3.63, 3.8) is 0 Å². The lowest BCUT2D eigenvalue weighted by Crippen LogP contribution is -2.45. The molecule has 1 rings (SSSR count). The number of carbonyl (C=O) groups is 4. The molecule has 2 amide bonds. The van der Waals surface area contributed by atoms with Crippen LogP contribution < -0.4 is 10.6 Å². The zero-order valence-electron chi connectivity index (χ0n) is 8.80. The van der Waals surface area contributed by atoms with Crippen LogP contribution in [0.5, 0.6) is 0 Å². The molecule has 94 valence electrons. The van der Waals surface area contributed by atoms with Gasteiger partial charge in [0.15, 0.2) is 0 Å². The van der Waals surface area contributed by atoms with E-state index in [1.165, 1.54) is 0 Å². The van der Waals surface area contributed by atoms with Crippen LogP contribution in [-0.4, -0.2) is 46.6 Å². The van der Waals surface area contributed by atoms with Crippen LogP contribution >= 0.6 is 0 Å². The van der Waals surface area contributed by atoms with Crippen molar-refractivity contribution in [1.82, 2.24) is 10.6 Å². The van der Waals surface area contributed by atoms with Gasteiger partial charge in [0.25, 0.3) is 0 Å². The van der Waals surface area contributed by atoms with Crippen LogP contribution in [0.2, 0.25) is 0 Å². The van der Waals surface area contributed by atoms with Gasteiger partial charge in [-0.2, -0.15) is 0 Å². The van der Waals surface area contributed by atoms with Crippen molar-refractivity contribution in [2.75, 3.05) is 6.54 Å². The van der Waals surface area contributed by atoms with Crippen LogP contribution in [0.4, 0.5) is 0 Å². The predicted octanol–water partition coefficient (Wildman–Crippen LogP) is -1.83. The van der Waals surface area contributed by atoms with Crippen molar-refractivity contribution in [2.45, 2.75) is 18.9 Å². The molecule has 0 radical (unpaired) electrons. The quantitative estimate of drug-likeness (QED) is 0.449. The van der Waals surface area contributed by atoms with Crippen LogP contribution in [0.15, 0.2) is 0 Å². The van der Waals surface area contributed by atoms with E-state index in [1.54, 1.807) is 0 Å². The van der Waals surface area contributed by atoms with Gasteiger partial charge in [0.2, 0.25) is 11.8 Å². The molecule has 2 atom stereocenters. The summed E-state index contributed by atoms with van der Waals surface area (Å²) in [6.07, 6.45) is -0.708. The molecule has 1 fully saturated rings. The van der Waals surface area contributed by atoms with Gasteiger partial charge in [-0.05, 0) is 0 Å². The van der Waals surface area contributed by atoms with E-state index in [0.29, 0.717) is 0 Å². The monoisotopic (exact) mass is 244 g/mol. The molecular formula is C9H12N2O6. The summed E-state index contributed by atoms with van der Waals surface area (Å²) in [5.41, 5.74) is 0. The molecular weight excluding hydrogens is 232 g/mol. The zero-order valence-corrected chi connectivity index (χ0v) is 8.80. The Hall–Kier alpha value is -2.12. The fourth-order valence-corrected chi connectivity index (χ4v) is 1.45. The number of carboxylic acid groups (broad SMARTS) is 2. The van der Waals surface area contributed by atoms with E-state index in [4.69, 9.17) is 10.2 Å². The van der Waals surface area contributed by atoms with Crippen molar-refractivity contribution < 1.29 is 29.4 Å². The van der Waals surface area contributed by atoms with Gasteiger partial charge in [0.05, 0.1) is 12.3 Å². The van der Waals surface area contributed by atoms with E-state index >= 15 is 0 Å². The summed E-state index contributed by atoms with van der Waals surface area (Å²) < 4.78 is 0. The maximum Gasteiger partial charge on any atom is 0.326 e. The fraction of sp³-hybridized carbons (Fsp3) is 0.556. The first-order chi connectivity index (χ1) is 7.90. The van der Waals surface area contributed by atoms with E-state index in [2.05, 4.69) is 10.6 Å². The second kappa shape index (κ2) is 5.28. The number of amides is 2. The van der Waals surface area contributed by atoms with E-state index < -0.39 is 36.2 Å². The first-order valence-electron chi connectivity index (χ1n) is 4.92. The van der Waals surface area contributed by atoms with Crippen molar-refractivity contribution >= 4 is 23.8 Å². The Labute approximate surface area is 96.0 Å². The van der Waals surface area contributed by atoms with Crippen molar-refractivity contribution in [1.29, 1.82) is 0 Å². The number of rotatable bonds is 5. The Kier molecular flexibility index (Phi) is 4.02. The second-order valence-electron chi connectivity index (χ2n) is 3.70. The van der Waals surface area contributed by atoms with Gasteiger partial charge in [-0.25, -0.2) is 4.79 Å². The van der Waals surface area contributed by atoms with Crippen LogP contribution in [0.25, 0.3) is 0 Å². The number of hydrogen-bond donors (Lipinski definition) is 4. The molecule has 0 saturated carbocycles. The molecule has 1 aliphatic heterocycles. The highest BCUT2D eigenvalue weighted by atomic mass is 16.4. The van der Waals surface area contributed by atoms with E-state index in [0.717, 1.165) is 0 Å². The molecule has 1 heterocycles. The fourth-order valence-electron chi connectivity index (χ4n) is 1.45. The molecule has 0 spiro atoms. The van der Waals surface area contributed by atoms with E-state index in [1.807, 2.05) is 0 Å². The molecule has 0 aromatic rings. The first-order valence-corrected chi connectivity index (χ1v) is 4.92. The Morgan fingerprint density at radius 3 is 2.47 bits per heavy atom. The van der Waals surface area contributed by atoms with Crippen molar-refractivity contribution in [3.05, 3.63) is 0 Å². The van der Waals surface area contributed by atoms with Gasteiger partial charge in [0.1, 0.15) is 6.04 Å². The van der Waals surface area contributed by atoms with Gasteiger partial charge < -0.3 is 20.8 Å². The predicted molar refractivity (Wildman–Crippen MR) is 52.9 cm³/mol. The highest BCUT2D eigenvalue weighted by Gasteiger charge is 2.31. The summed E-state index contributed by atoms with van der Waals surface area (Å²) in [6.45, 7) is 0.143. The lowest BCUT2D eigenvalue weighted by molar-refractivity contribution is -0.147. The van der Waals surface area contributed by atoms with Gasteiger partial charge in [-0.15, -0.1) is 0 Å². The standard InChI is InChI=1S/C9H12N2O6/c12-6-1-4(3-10-6)8(15)11-5(9(16)17)2-7(13)14/h4-5H,1-3H2,(H,10,12)(H,11,15)(H,13,14)(H,16,17). The molecule has 4 N–H and O–H groups in total. The Morgan fingerprint density at radius 2 is 2.06 bits per heavy atom. The second-order valence-corrected chi connectivity index (χ2v) is 3.70. The number of aliphatic carboxylic acids is 2. The normalized spacial score (nSPS) is 20.5. The van der Waals surface area contributed by atoms with Crippen LogP contribution in [0.3, 0.4) is 0 Å². The molecule has 2 unspecified atom stereocenters. The maximum absolute atomic E-state index is 11.5. The SMILES string of the molecule is O=C(O)CC(NC(=O)C1CNC(=O)C1)C(=O)O. The van der Waals surface area contributed by atoms with Gasteiger partial charge in [-0.3, -0.25) is 14.4 Å². The molecule has 0 bridgehead atoms. The molecule has 1 aliphatic rings. The number of hydrogen-bond acceptors (Lipinski definition) is 4. The Balaban J connectivity index is 2.55. The highest BCUT2D eigenvalue weighted by Crippen LogP contribution is 2.09. The third-order valence-electron chi connectivity index (χ3n) is 2.34. The minimum atomic E-state index is -1.48. The summed E-state index contributed by atoms with van der Waals surface area (Å²) in [5, 5.41) is 21.7. The summed E-state index contributed by atoms with van der Waals surface area (Å²) in [5.74, 6) is -4.29. The molecule has 0 aromatic carbocycles. The maximum atomic E-state index is 11.5. The van der Waals surface area contributed by atoms with E-state index in [-0.39, 0.29) is 18.9 Å². The summed E-state index contributed by atoms with van der Waals surface area (Å²) in [7, 11) is 0. The summed E-state index contributed by atoms with van der Waals surface area (Å²) >= 11 is 0. The summed E-state index contributed by atoms with van der Waals surface area (Å²) in [6, 6.07) is -1.48. The topological polar surface area (TPSA) is 133 Å². The lowest BCUT2D eigenvalue weighted by atomic mass is 10.1. The largest absolute Gasteiger partial charge is 0.481 e. The molecule has 0 aliphatic carbocycles. The Morgan fingerprint density at radius 1 is 1.41 bits per heavy atom. The average molecular weight is 244 g/mol. The van der Waals surface area contributed by atoms with Crippen molar-refractivity contribution in [3.8, 4) is 0 Å². The van der Waals surface area contributed by atoms with Gasteiger partial charge >= 0.3 is 11.9 Å². The lowest BCUT2D eigenvalue weighted by Gasteiger charge is -2.14. The highest BCUT2D eigenvalue weighted by molar-refractivity contribution is 5.92. The van der Waals surface area contributed by atoms with E-state index in [9.17, 15) is 19.2 Å².